The van der Waals surface area contributed by atoms with Gasteiger partial charge < -0.3 is 4.74 Å². The first-order valence-electron chi connectivity index (χ1n) is 10.3. The number of aromatic nitrogens is 7. The van der Waals surface area contributed by atoms with Gasteiger partial charge in [0.15, 0.2) is 5.82 Å². The maximum Gasteiger partial charge on any atom is 0.312 e. The van der Waals surface area contributed by atoms with Gasteiger partial charge in [0, 0.05) is 18.0 Å². The highest BCUT2D eigenvalue weighted by molar-refractivity contribution is 7.98. The number of aryl methyl sites for hydroxylation is 2. The molecular formula is C21H23N9O3S. The van der Waals surface area contributed by atoms with Crippen LogP contribution in [0.2, 0.25) is 0 Å². The van der Waals surface area contributed by atoms with Crippen LogP contribution in [-0.2, 0) is 12.4 Å². The third-order valence-corrected chi connectivity index (χ3v) is 6.01. The van der Waals surface area contributed by atoms with Crippen molar-refractivity contribution in [1.82, 2.24) is 34.4 Å². The maximum atomic E-state index is 11.2. The second-order valence-electron chi connectivity index (χ2n) is 7.41. The van der Waals surface area contributed by atoms with E-state index in [0.29, 0.717) is 34.8 Å². The van der Waals surface area contributed by atoms with E-state index in [4.69, 9.17) is 4.74 Å². The van der Waals surface area contributed by atoms with Crippen LogP contribution >= 0.6 is 11.8 Å². The van der Waals surface area contributed by atoms with Crippen LogP contribution in [-0.4, -0.2) is 52.7 Å². The number of hydrogen-bond acceptors (Lipinski definition) is 9. The van der Waals surface area contributed by atoms with E-state index in [1.807, 2.05) is 35.1 Å². The van der Waals surface area contributed by atoms with Gasteiger partial charge in [-0.1, -0.05) is 11.8 Å². The van der Waals surface area contributed by atoms with Gasteiger partial charge in [0.25, 0.3) is 0 Å². The highest BCUT2D eigenvalue weighted by Gasteiger charge is 2.22. The SMILES string of the molecule is COc1ccc(/C=N\n2c(C)nnc2SCn2nc(C)c([N+](=O)[O-])c2C)cc1Cn1cccn1. The zero-order valence-corrected chi connectivity index (χ0v) is 19.9. The summed E-state index contributed by atoms with van der Waals surface area (Å²) in [7, 11) is 1.64. The number of nitro groups is 1. The predicted molar refractivity (Wildman–Crippen MR) is 126 cm³/mol. The largest absolute Gasteiger partial charge is 0.496 e. The molecule has 0 N–H and O–H groups in total. The molecule has 13 heteroatoms. The fourth-order valence-corrected chi connectivity index (χ4v) is 4.34. The van der Waals surface area contributed by atoms with Crippen LogP contribution in [0.15, 0.2) is 46.9 Å². The van der Waals surface area contributed by atoms with Gasteiger partial charge in [-0.3, -0.25) is 19.5 Å². The van der Waals surface area contributed by atoms with E-state index in [-0.39, 0.29) is 5.69 Å². The van der Waals surface area contributed by atoms with Crippen molar-refractivity contribution in [3.63, 3.8) is 0 Å². The van der Waals surface area contributed by atoms with Crippen LogP contribution in [0, 0.1) is 30.9 Å². The Labute approximate surface area is 199 Å². The van der Waals surface area contributed by atoms with E-state index in [1.165, 1.54) is 11.8 Å². The third-order valence-electron chi connectivity index (χ3n) is 5.13. The average molecular weight is 482 g/mol. The van der Waals surface area contributed by atoms with Crippen molar-refractivity contribution < 1.29 is 9.66 Å². The van der Waals surface area contributed by atoms with Crippen molar-refractivity contribution in [1.29, 1.82) is 0 Å². The molecule has 0 fully saturated rings. The molecule has 3 aromatic heterocycles. The third kappa shape index (κ3) is 4.83. The summed E-state index contributed by atoms with van der Waals surface area (Å²) in [5.41, 5.74) is 2.74. The monoisotopic (exact) mass is 481 g/mol. The smallest absolute Gasteiger partial charge is 0.312 e. The molecule has 1 aromatic carbocycles. The van der Waals surface area contributed by atoms with E-state index in [9.17, 15) is 10.1 Å². The van der Waals surface area contributed by atoms with Crippen molar-refractivity contribution in [3.8, 4) is 5.75 Å². The molecule has 0 radical (unpaired) electrons. The number of methoxy groups -OCH3 is 1. The first-order chi connectivity index (χ1) is 16.4. The quantitative estimate of drug-likeness (QED) is 0.154. The van der Waals surface area contributed by atoms with Crippen LogP contribution in [0.1, 0.15) is 28.3 Å². The van der Waals surface area contributed by atoms with E-state index in [1.54, 1.807) is 49.7 Å². The minimum atomic E-state index is -0.411. The van der Waals surface area contributed by atoms with Crippen LogP contribution in [0.4, 0.5) is 5.69 Å². The molecule has 0 spiro atoms. The fourth-order valence-electron chi connectivity index (χ4n) is 3.45. The summed E-state index contributed by atoms with van der Waals surface area (Å²) in [4.78, 5) is 10.8. The Kier molecular flexibility index (Phi) is 6.72. The highest BCUT2D eigenvalue weighted by Crippen LogP contribution is 2.26. The molecule has 0 bridgehead atoms. The Morgan fingerprint density at radius 2 is 2.09 bits per heavy atom. The van der Waals surface area contributed by atoms with Gasteiger partial charge in [0.05, 0.1) is 30.7 Å². The van der Waals surface area contributed by atoms with Gasteiger partial charge in [-0.15, -0.1) is 10.2 Å². The summed E-state index contributed by atoms with van der Waals surface area (Å²) in [5.74, 6) is 1.72. The van der Waals surface area contributed by atoms with E-state index in [2.05, 4.69) is 25.5 Å². The molecule has 0 amide bonds. The molecule has 0 saturated heterocycles. The summed E-state index contributed by atoms with van der Waals surface area (Å²) in [6.45, 7) is 5.68. The Morgan fingerprint density at radius 3 is 2.76 bits per heavy atom. The second-order valence-corrected chi connectivity index (χ2v) is 8.32. The summed E-state index contributed by atoms with van der Waals surface area (Å²) < 4.78 is 10.5. The summed E-state index contributed by atoms with van der Waals surface area (Å²) in [6, 6.07) is 7.67. The topological polar surface area (TPSA) is 131 Å². The zero-order chi connectivity index (χ0) is 24.2. The number of nitrogens with zero attached hydrogens (tertiary/aromatic N) is 9. The number of thioether (sulfide) groups is 1. The lowest BCUT2D eigenvalue weighted by Gasteiger charge is -2.10. The van der Waals surface area contributed by atoms with E-state index in [0.717, 1.165) is 16.9 Å². The van der Waals surface area contributed by atoms with E-state index < -0.39 is 4.92 Å². The molecule has 0 atom stereocenters. The molecule has 4 rings (SSSR count). The Hall–Kier alpha value is -4.00. The van der Waals surface area contributed by atoms with Crippen LogP contribution < -0.4 is 4.74 Å². The van der Waals surface area contributed by atoms with Crippen molar-refractivity contribution in [2.45, 2.75) is 38.3 Å². The first kappa shape index (κ1) is 23.2. The van der Waals surface area contributed by atoms with Crippen molar-refractivity contribution in [2.75, 3.05) is 7.11 Å². The lowest BCUT2D eigenvalue weighted by atomic mass is 10.1. The molecule has 34 heavy (non-hydrogen) atoms. The molecular weight excluding hydrogens is 458 g/mol. The average Bonchev–Trinajstić information content (AvgIpc) is 3.51. The number of ether oxygens (including phenoxy) is 1. The van der Waals surface area contributed by atoms with Crippen molar-refractivity contribution >= 4 is 23.7 Å². The number of benzene rings is 1. The number of hydrogen-bond donors (Lipinski definition) is 0. The lowest BCUT2D eigenvalue weighted by molar-refractivity contribution is -0.386. The van der Waals surface area contributed by atoms with Crippen LogP contribution in [0.25, 0.3) is 0 Å². The lowest BCUT2D eigenvalue weighted by Crippen LogP contribution is -2.04. The molecule has 0 unspecified atom stereocenters. The van der Waals surface area contributed by atoms with Crippen LogP contribution in [0.5, 0.6) is 5.75 Å². The Balaban J connectivity index is 1.53. The Bertz CT molecular complexity index is 1340. The van der Waals surface area contributed by atoms with Crippen LogP contribution in [0.3, 0.4) is 0 Å². The summed E-state index contributed by atoms with van der Waals surface area (Å²) >= 11 is 1.34. The first-order valence-corrected chi connectivity index (χ1v) is 11.3. The standard InChI is InChI=1S/C21H23N9O3S/c1-14-20(30(31)32)15(2)28(26-14)13-34-21-25-24-16(3)29(21)23-11-17-6-7-19(33-4)18(10-17)12-27-9-5-8-22-27/h5-11H,12-13H2,1-4H3/b23-11-. The highest BCUT2D eigenvalue weighted by atomic mass is 32.2. The molecule has 0 saturated carbocycles. The predicted octanol–water partition coefficient (Wildman–Crippen LogP) is 3.19. The van der Waals surface area contributed by atoms with Gasteiger partial charge in [0.2, 0.25) is 5.16 Å². The second kappa shape index (κ2) is 9.87. The van der Waals surface area contributed by atoms with Gasteiger partial charge in [-0.05, 0) is 50.6 Å². The van der Waals surface area contributed by atoms with Gasteiger partial charge in [-0.2, -0.15) is 20.0 Å². The fraction of sp³-hybridized carbons (Fsp3) is 0.286. The van der Waals surface area contributed by atoms with Gasteiger partial charge in [-0.25, -0.2) is 0 Å². The van der Waals surface area contributed by atoms with Gasteiger partial charge >= 0.3 is 5.69 Å². The van der Waals surface area contributed by atoms with Gasteiger partial charge in [0.1, 0.15) is 17.1 Å². The normalized spacial score (nSPS) is 11.4. The molecule has 0 aliphatic heterocycles. The van der Waals surface area contributed by atoms with Crippen molar-refractivity contribution in [3.05, 3.63) is 75.1 Å². The molecule has 4 aromatic rings. The molecule has 0 aliphatic rings. The minimum Gasteiger partial charge on any atom is -0.496 e. The summed E-state index contributed by atoms with van der Waals surface area (Å²) in [6.07, 6.45) is 5.35. The van der Waals surface area contributed by atoms with E-state index >= 15 is 0 Å². The number of rotatable bonds is 9. The minimum absolute atomic E-state index is 0.0293. The molecule has 176 valence electrons. The molecule has 3 heterocycles. The molecule has 12 nitrogen and oxygen atoms in total. The summed E-state index contributed by atoms with van der Waals surface area (Å²) in [5, 5.41) is 33.2. The maximum absolute atomic E-state index is 11.2. The molecule has 0 aliphatic carbocycles. The zero-order valence-electron chi connectivity index (χ0n) is 19.1. The van der Waals surface area contributed by atoms with Crippen molar-refractivity contribution in [2.24, 2.45) is 5.10 Å². The Morgan fingerprint density at radius 1 is 1.26 bits per heavy atom.